The van der Waals surface area contributed by atoms with Crippen LogP contribution >= 0.6 is 0 Å². The van der Waals surface area contributed by atoms with Crippen molar-refractivity contribution in [1.29, 1.82) is 0 Å². The van der Waals surface area contributed by atoms with Crippen molar-refractivity contribution in [1.82, 2.24) is 0 Å². The molecule has 188 valence electrons. The van der Waals surface area contributed by atoms with Gasteiger partial charge in [-0.05, 0) is 77.7 Å². The lowest BCUT2D eigenvalue weighted by molar-refractivity contribution is 0.104. The van der Waals surface area contributed by atoms with Crippen LogP contribution < -0.4 is 23.7 Å². The summed E-state index contributed by atoms with van der Waals surface area (Å²) in [5, 5.41) is 0. The van der Waals surface area contributed by atoms with Crippen molar-refractivity contribution in [3.63, 3.8) is 0 Å². The zero-order chi connectivity index (χ0) is 26.1. The lowest BCUT2D eigenvalue weighted by Crippen LogP contribution is -1.97. The minimum atomic E-state index is -0.385. The predicted molar refractivity (Wildman–Crippen MR) is 138 cm³/mol. The molecule has 0 heterocycles. The molecule has 0 radical (unpaired) electrons. The van der Waals surface area contributed by atoms with Crippen LogP contribution in [0.25, 0.3) is 12.2 Å². The molecule has 0 unspecified atom stereocenters. The predicted octanol–water partition coefficient (Wildman–Crippen LogP) is 6.02. The fraction of sp³-hybridized carbons (Fsp3) is 0.207. The van der Waals surface area contributed by atoms with Crippen LogP contribution in [0.5, 0.6) is 28.7 Å². The number of carbonyl (C=O) groups is 1. The van der Waals surface area contributed by atoms with Crippen LogP contribution in [0, 0.1) is 5.82 Å². The highest BCUT2D eigenvalue weighted by molar-refractivity contribution is 6.04. The van der Waals surface area contributed by atoms with Crippen LogP contribution in [0.1, 0.15) is 27.0 Å². The smallest absolute Gasteiger partial charge is 0.203 e. The van der Waals surface area contributed by atoms with Gasteiger partial charge in [0.2, 0.25) is 5.75 Å². The van der Waals surface area contributed by atoms with E-state index in [0.29, 0.717) is 40.7 Å². The zero-order valence-electron chi connectivity index (χ0n) is 21.0. The van der Waals surface area contributed by atoms with Crippen LogP contribution in [0.2, 0.25) is 0 Å². The molecule has 6 nitrogen and oxygen atoms in total. The van der Waals surface area contributed by atoms with Crippen LogP contribution in [0.4, 0.5) is 4.39 Å². The summed E-state index contributed by atoms with van der Waals surface area (Å²) >= 11 is 0. The maximum absolute atomic E-state index is 13.1. The van der Waals surface area contributed by atoms with Crippen molar-refractivity contribution in [2.24, 2.45) is 0 Å². The Hall–Kier alpha value is -4.26. The van der Waals surface area contributed by atoms with Gasteiger partial charge in [-0.25, -0.2) is 4.39 Å². The van der Waals surface area contributed by atoms with Gasteiger partial charge in [-0.15, -0.1) is 0 Å². The normalized spacial score (nSPS) is 11.1. The molecule has 0 amide bonds. The highest BCUT2D eigenvalue weighted by Gasteiger charge is 2.13. The van der Waals surface area contributed by atoms with E-state index in [1.54, 1.807) is 41.6 Å². The van der Waals surface area contributed by atoms with Crippen LogP contribution in [0.3, 0.4) is 0 Å². The molecule has 0 aliphatic rings. The van der Waals surface area contributed by atoms with E-state index in [1.807, 2.05) is 36.4 Å². The zero-order valence-corrected chi connectivity index (χ0v) is 21.0. The van der Waals surface area contributed by atoms with Gasteiger partial charge in [0.15, 0.2) is 28.8 Å². The summed E-state index contributed by atoms with van der Waals surface area (Å²) in [7, 11) is 7.83. The molecule has 0 saturated carbocycles. The third-order valence-electron chi connectivity index (χ3n) is 5.52. The summed E-state index contributed by atoms with van der Waals surface area (Å²) in [6.07, 6.45) is 7.57. The van der Waals surface area contributed by atoms with Gasteiger partial charge >= 0.3 is 0 Å². The summed E-state index contributed by atoms with van der Waals surface area (Å²) in [5.41, 5.74) is 3.05. The molecule has 3 aromatic rings. The van der Waals surface area contributed by atoms with Crippen molar-refractivity contribution in [3.05, 3.63) is 88.8 Å². The van der Waals surface area contributed by atoms with Crippen LogP contribution in [-0.4, -0.2) is 41.3 Å². The summed E-state index contributed by atoms with van der Waals surface area (Å²) in [5.74, 6) is 2.18. The number of rotatable bonds is 11. The van der Waals surface area contributed by atoms with E-state index in [1.165, 1.54) is 30.3 Å². The fourth-order valence-electron chi connectivity index (χ4n) is 3.66. The van der Waals surface area contributed by atoms with Gasteiger partial charge in [-0.1, -0.05) is 18.2 Å². The monoisotopic (exact) mass is 492 g/mol. The lowest BCUT2D eigenvalue weighted by atomic mass is 10.0. The van der Waals surface area contributed by atoms with E-state index in [0.717, 1.165) is 16.7 Å². The van der Waals surface area contributed by atoms with E-state index < -0.39 is 0 Å². The third-order valence-corrected chi connectivity index (χ3v) is 5.52. The first-order valence-electron chi connectivity index (χ1n) is 11.1. The Morgan fingerprint density at radius 1 is 0.750 bits per heavy atom. The highest BCUT2D eigenvalue weighted by Crippen LogP contribution is 2.39. The topological polar surface area (TPSA) is 63.2 Å². The largest absolute Gasteiger partial charge is 0.493 e. The van der Waals surface area contributed by atoms with E-state index in [2.05, 4.69) is 0 Å². The van der Waals surface area contributed by atoms with Crippen molar-refractivity contribution in [2.75, 3.05) is 35.5 Å². The lowest BCUT2D eigenvalue weighted by Gasteiger charge is -2.14. The number of hydrogen-bond acceptors (Lipinski definition) is 6. The fourth-order valence-corrected chi connectivity index (χ4v) is 3.66. The number of benzene rings is 3. The second-order valence-corrected chi connectivity index (χ2v) is 7.68. The quantitative estimate of drug-likeness (QED) is 0.185. The first kappa shape index (κ1) is 26.3. The Morgan fingerprint density at radius 3 is 1.89 bits per heavy atom. The van der Waals surface area contributed by atoms with Crippen LogP contribution in [-0.2, 0) is 6.42 Å². The minimum absolute atomic E-state index is 0.204. The van der Waals surface area contributed by atoms with Crippen molar-refractivity contribution < 1.29 is 32.9 Å². The average Bonchev–Trinajstić information content (AvgIpc) is 2.91. The molecule has 0 atom stereocenters. The molecule has 0 fully saturated rings. The molecule has 36 heavy (non-hydrogen) atoms. The molecule has 0 aliphatic carbocycles. The summed E-state index contributed by atoms with van der Waals surface area (Å²) < 4.78 is 40.4. The van der Waals surface area contributed by atoms with Gasteiger partial charge in [0.25, 0.3) is 0 Å². The van der Waals surface area contributed by atoms with Gasteiger partial charge < -0.3 is 23.7 Å². The number of halogens is 1. The van der Waals surface area contributed by atoms with Gasteiger partial charge in [0, 0.05) is 5.56 Å². The Labute approximate surface area is 210 Å². The molecule has 3 rings (SSSR count). The van der Waals surface area contributed by atoms with E-state index in [4.69, 9.17) is 23.7 Å². The van der Waals surface area contributed by atoms with Crippen molar-refractivity contribution in [2.45, 2.75) is 6.42 Å². The Balaban J connectivity index is 1.93. The molecule has 0 N–H and O–H groups in total. The number of ether oxygens (including phenoxy) is 5. The van der Waals surface area contributed by atoms with E-state index in [-0.39, 0.29) is 11.6 Å². The standard InChI is InChI=1S/C29H29FO6/c1-32-25-17-21(7-6-8-24(31)20-11-13-23(30)14-12-20)22(18-26(25)33-2)10-9-19-15-27(34-3)29(36-5)28(16-19)35-4/h6,8-18H,7H2,1-5H3/b8-6-,10-9-. The third kappa shape index (κ3) is 6.24. The number of carbonyl (C=O) groups excluding carboxylic acids is 1. The SMILES string of the molecule is COc1cc(/C=C\c2cc(OC)c(OC)c(OC)c2)c(C/C=C\C(=O)c2ccc(F)cc2)cc1OC. The van der Waals surface area contributed by atoms with E-state index >= 15 is 0 Å². The van der Waals surface area contributed by atoms with Gasteiger partial charge in [0.05, 0.1) is 35.5 Å². The Bertz CT molecular complexity index is 1240. The maximum Gasteiger partial charge on any atom is 0.203 e. The molecule has 0 saturated heterocycles. The van der Waals surface area contributed by atoms with Crippen molar-refractivity contribution in [3.8, 4) is 28.7 Å². The van der Waals surface area contributed by atoms with Crippen LogP contribution in [0.15, 0.2) is 60.7 Å². The Kier molecular flexibility index (Phi) is 9.11. The molecular formula is C29H29FO6. The summed E-state index contributed by atoms with van der Waals surface area (Å²) in [6, 6.07) is 12.9. The molecular weight excluding hydrogens is 463 g/mol. The molecule has 3 aromatic carbocycles. The second-order valence-electron chi connectivity index (χ2n) is 7.68. The maximum atomic E-state index is 13.1. The van der Waals surface area contributed by atoms with Gasteiger partial charge in [0.1, 0.15) is 5.82 Å². The number of ketones is 1. The first-order valence-corrected chi connectivity index (χ1v) is 11.1. The average molecular weight is 493 g/mol. The number of methoxy groups -OCH3 is 5. The second kappa shape index (κ2) is 12.4. The minimum Gasteiger partial charge on any atom is -0.493 e. The van der Waals surface area contributed by atoms with Crippen molar-refractivity contribution >= 4 is 17.9 Å². The molecule has 0 bridgehead atoms. The molecule has 0 spiro atoms. The Morgan fingerprint density at radius 2 is 1.33 bits per heavy atom. The number of hydrogen-bond donors (Lipinski definition) is 0. The summed E-state index contributed by atoms with van der Waals surface area (Å²) in [4.78, 5) is 12.4. The first-order chi connectivity index (χ1) is 17.4. The molecule has 0 aromatic heterocycles. The van der Waals surface area contributed by atoms with Gasteiger partial charge in [-0.2, -0.15) is 0 Å². The highest BCUT2D eigenvalue weighted by atomic mass is 19.1. The number of allylic oxidation sites excluding steroid dienone is 2. The molecule has 0 aliphatic heterocycles. The van der Waals surface area contributed by atoms with Gasteiger partial charge in [-0.3, -0.25) is 4.79 Å². The van der Waals surface area contributed by atoms with E-state index in [9.17, 15) is 9.18 Å². The summed E-state index contributed by atoms with van der Waals surface area (Å²) in [6.45, 7) is 0. The molecule has 7 heteroatoms.